The van der Waals surface area contributed by atoms with Crippen LogP contribution in [0, 0.1) is 6.92 Å². The number of aryl methyl sites for hydroxylation is 1. The number of rotatable bonds is 2. The van der Waals surface area contributed by atoms with Crippen molar-refractivity contribution >= 4 is 23.2 Å². The normalized spacial score (nSPS) is 17.9. The minimum absolute atomic E-state index is 0.0615. The standard InChI is InChI=1S/C20H21ClN4O3/c1-12-18(25-10-14(21)2-3-17(25)22-12)20(26)24-7-4-16-15(11-24)23-19(28-16)13-5-8-27-9-6-13/h2-3,10,13H,4-9,11H2,1H3. The van der Waals surface area contributed by atoms with Crippen molar-refractivity contribution in [2.75, 3.05) is 19.8 Å². The number of ether oxygens (including phenoxy) is 1. The van der Waals surface area contributed by atoms with Crippen LogP contribution in [0.5, 0.6) is 0 Å². The summed E-state index contributed by atoms with van der Waals surface area (Å²) in [7, 11) is 0. The lowest BCUT2D eigenvalue weighted by atomic mass is 10.0. The van der Waals surface area contributed by atoms with Crippen LogP contribution in [-0.2, 0) is 17.7 Å². The highest BCUT2D eigenvalue weighted by Gasteiger charge is 2.31. The topological polar surface area (TPSA) is 72.9 Å². The van der Waals surface area contributed by atoms with Crippen LogP contribution in [0.25, 0.3) is 5.65 Å². The van der Waals surface area contributed by atoms with Crippen molar-refractivity contribution < 1.29 is 13.9 Å². The van der Waals surface area contributed by atoms with E-state index in [9.17, 15) is 4.79 Å². The van der Waals surface area contributed by atoms with E-state index in [0.717, 1.165) is 43.4 Å². The number of aromatic nitrogens is 3. The molecule has 1 amide bonds. The quantitative estimate of drug-likeness (QED) is 0.659. The number of pyridine rings is 1. The summed E-state index contributed by atoms with van der Waals surface area (Å²) in [5.74, 6) is 1.95. The molecule has 0 radical (unpaired) electrons. The first-order valence-corrected chi connectivity index (χ1v) is 9.97. The van der Waals surface area contributed by atoms with Gasteiger partial charge in [0.15, 0.2) is 5.89 Å². The van der Waals surface area contributed by atoms with Crippen molar-refractivity contribution in [1.29, 1.82) is 0 Å². The van der Waals surface area contributed by atoms with Crippen molar-refractivity contribution in [3.05, 3.63) is 52.1 Å². The number of oxazole rings is 1. The highest BCUT2D eigenvalue weighted by atomic mass is 35.5. The highest BCUT2D eigenvalue weighted by molar-refractivity contribution is 6.30. The van der Waals surface area contributed by atoms with Gasteiger partial charge in [0.05, 0.1) is 17.3 Å². The molecule has 1 saturated heterocycles. The van der Waals surface area contributed by atoms with Crippen LogP contribution in [-0.4, -0.2) is 44.9 Å². The summed E-state index contributed by atoms with van der Waals surface area (Å²) in [5, 5.41) is 0.567. The monoisotopic (exact) mass is 400 g/mol. The van der Waals surface area contributed by atoms with Gasteiger partial charge in [-0.1, -0.05) is 11.6 Å². The van der Waals surface area contributed by atoms with Gasteiger partial charge < -0.3 is 14.1 Å². The summed E-state index contributed by atoms with van der Waals surface area (Å²) in [6.07, 6.45) is 4.28. The number of carbonyl (C=O) groups is 1. The fourth-order valence-corrected chi connectivity index (χ4v) is 4.22. The molecule has 0 atom stereocenters. The van der Waals surface area contributed by atoms with E-state index in [1.807, 2.05) is 17.9 Å². The first kappa shape index (κ1) is 17.7. The van der Waals surface area contributed by atoms with Crippen LogP contribution in [0.1, 0.15) is 52.3 Å². The largest absolute Gasteiger partial charge is 0.445 e. The van der Waals surface area contributed by atoms with Gasteiger partial charge in [0.2, 0.25) is 0 Å². The Hall–Kier alpha value is -2.38. The van der Waals surface area contributed by atoms with Gasteiger partial charge in [-0.3, -0.25) is 9.20 Å². The number of hydrogen-bond donors (Lipinski definition) is 0. The molecule has 0 unspecified atom stereocenters. The third-order valence-electron chi connectivity index (χ3n) is 5.56. The van der Waals surface area contributed by atoms with Gasteiger partial charge in [0.25, 0.3) is 5.91 Å². The molecule has 8 heteroatoms. The smallest absolute Gasteiger partial charge is 0.273 e. The molecule has 5 heterocycles. The summed E-state index contributed by atoms with van der Waals surface area (Å²) < 4.78 is 13.2. The molecule has 3 aromatic heterocycles. The lowest BCUT2D eigenvalue weighted by molar-refractivity contribution is 0.0718. The molecule has 5 rings (SSSR count). The van der Waals surface area contributed by atoms with Crippen molar-refractivity contribution in [2.45, 2.75) is 38.6 Å². The number of nitrogens with zero attached hydrogens (tertiary/aromatic N) is 4. The molecule has 0 saturated carbocycles. The predicted octanol–water partition coefficient (Wildman–Crippen LogP) is 3.38. The number of fused-ring (bicyclic) bond motifs is 2. The Bertz CT molecular complexity index is 1050. The summed E-state index contributed by atoms with van der Waals surface area (Å²) in [6.45, 7) is 4.40. The molecule has 7 nitrogen and oxygen atoms in total. The molecule has 0 spiro atoms. The summed E-state index contributed by atoms with van der Waals surface area (Å²) in [4.78, 5) is 24.3. The summed E-state index contributed by atoms with van der Waals surface area (Å²) >= 11 is 6.13. The molecule has 0 aliphatic carbocycles. The fraction of sp³-hybridized carbons (Fsp3) is 0.450. The summed E-state index contributed by atoms with van der Waals surface area (Å²) in [6, 6.07) is 3.59. The Kier molecular flexibility index (Phi) is 4.36. The van der Waals surface area contributed by atoms with E-state index >= 15 is 0 Å². The van der Waals surface area contributed by atoms with Crippen LogP contribution in [0.15, 0.2) is 22.7 Å². The van der Waals surface area contributed by atoms with Gasteiger partial charge in [-0.25, -0.2) is 9.97 Å². The molecular weight excluding hydrogens is 380 g/mol. The number of carbonyl (C=O) groups excluding carboxylic acids is 1. The maximum Gasteiger partial charge on any atom is 0.273 e. The molecule has 2 aliphatic heterocycles. The van der Waals surface area contributed by atoms with Gasteiger partial charge in [0.1, 0.15) is 22.8 Å². The first-order chi connectivity index (χ1) is 13.6. The molecule has 2 aliphatic rings. The van der Waals surface area contributed by atoms with Crippen LogP contribution in [0.4, 0.5) is 0 Å². The van der Waals surface area contributed by atoms with Gasteiger partial charge in [0, 0.05) is 38.3 Å². The van der Waals surface area contributed by atoms with Crippen molar-refractivity contribution in [3.8, 4) is 0 Å². The molecule has 146 valence electrons. The van der Waals surface area contributed by atoms with Crippen molar-refractivity contribution in [3.63, 3.8) is 0 Å². The molecule has 3 aromatic rings. The van der Waals surface area contributed by atoms with E-state index in [2.05, 4.69) is 4.98 Å². The second-order valence-electron chi connectivity index (χ2n) is 7.41. The second kappa shape index (κ2) is 6.90. The zero-order chi connectivity index (χ0) is 19.3. The second-order valence-corrected chi connectivity index (χ2v) is 7.84. The van der Waals surface area contributed by atoms with E-state index in [4.69, 9.17) is 25.7 Å². The average Bonchev–Trinajstić information content (AvgIpc) is 3.27. The van der Waals surface area contributed by atoms with Crippen molar-refractivity contribution in [1.82, 2.24) is 19.3 Å². The fourth-order valence-electron chi connectivity index (χ4n) is 4.05. The van der Waals surface area contributed by atoms with Gasteiger partial charge in [-0.15, -0.1) is 0 Å². The number of amides is 1. The minimum atomic E-state index is -0.0615. The van der Waals surface area contributed by atoms with Crippen molar-refractivity contribution in [2.24, 2.45) is 0 Å². The average molecular weight is 401 g/mol. The third kappa shape index (κ3) is 2.99. The van der Waals surface area contributed by atoms with Gasteiger partial charge >= 0.3 is 0 Å². The number of imidazole rings is 1. The Balaban J connectivity index is 1.42. The zero-order valence-corrected chi connectivity index (χ0v) is 16.4. The first-order valence-electron chi connectivity index (χ1n) is 9.60. The molecule has 28 heavy (non-hydrogen) atoms. The van der Waals surface area contributed by atoms with E-state index < -0.39 is 0 Å². The van der Waals surface area contributed by atoms with Gasteiger partial charge in [-0.05, 0) is 31.9 Å². The Morgan fingerprint density at radius 2 is 2.07 bits per heavy atom. The lowest BCUT2D eigenvalue weighted by Crippen LogP contribution is -2.36. The molecule has 1 fully saturated rings. The van der Waals surface area contributed by atoms with Gasteiger partial charge in [-0.2, -0.15) is 0 Å². The van der Waals surface area contributed by atoms with E-state index in [0.29, 0.717) is 47.5 Å². The zero-order valence-electron chi connectivity index (χ0n) is 15.7. The maximum absolute atomic E-state index is 13.3. The number of halogens is 1. The minimum Gasteiger partial charge on any atom is -0.445 e. The van der Waals surface area contributed by atoms with Crippen LogP contribution in [0.3, 0.4) is 0 Å². The Labute approximate surface area is 167 Å². The van der Waals surface area contributed by atoms with E-state index in [1.54, 1.807) is 16.7 Å². The summed E-state index contributed by atoms with van der Waals surface area (Å²) in [5.41, 5.74) is 2.83. The predicted molar refractivity (Wildman–Crippen MR) is 103 cm³/mol. The molecular formula is C20H21ClN4O3. The van der Waals surface area contributed by atoms with E-state index in [-0.39, 0.29) is 5.91 Å². The molecule has 0 N–H and O–H groups in total. The maximum atomic E-state index is 13.3. The Morgan fingerprint density at radius 1 is 1.25 bits per heavy atom. The molecule has 0 aromatic carbocycles. The van der Waals surface area contributed by atoms with Crippen LogP contribution in [0.2, 0.25) is 5.02 Å². The third-order valence-corrected chi connectivity index (χ3v) is 5.78. The SMILES string of the molecule is Cc1nc2ccc(Cl)cn2c1C(=O)N1CCc2oc(C3CCOCC3)nc2C1. The number of hydrogen-bond acceptors (Lipinski definition) is 5. The van der Waals surface area contributed by atoms with Crippen LogP contribution < -0.4 is 0 Å². The molecule has 0 bridgehead atoms. The highest BCUT2D eigenvalue weighted by Crippen LogP contribution is 2.30. The van der Waals surface area contributed by atoms with E-state index in [1.165, 1.54) is 0 Å². The lowest BCUT2D eigenvalue weighted by Gasteiger charge is -2.25. The Morgan fingerprint density at radius 3 is 2.89 bits per heavy atom. The van der Waals surface area contributed by atoms with Crippen LogP contribution >= 0.6 is 11.6 Å².